The molecule has 0 heterocycles. The first kappa shape index (κ1) is 19.4. The van der Waals surface area contributed by atoms with Gasteiger partial charge in [-0.25, -0.2) is 0 Å². The summed E-state index contributed by atoms with van der Waals surface area (Å²) < 4.78 is 12.4. The molecular formula is C20H36O2. The second kappa shape index (κ2) is 12.9. The first-order valence-electron chi connectivity index (χ1n) is 9.33. The van der Waals surface area contributed by atoms with Crippen LogP contribution in [0.15, 0.2) is 25.3 Å². The molecule has 0 unspecified atom stereocenters. The Balaban J connectivity index is 2.19. The maximum Gasteiger partial charge on any atom is 0.168 e. The van der Waals surface area contributed by atoms with Crippen molar-refractivity contribution >= 4 is 0 Å². The Bertz CT molecular complexity index is 257. The standard InChI is InChI=1S/C20H36O2/c1-3-5-7-9-14-18-21-20(16-12-11-13-17-20)22-19-15-10-8-6-4-2/h3-4H,1-2,5-19H2. The van der Waals surface area contributed by atoms with Crippen molar-refractivity contribution in [2.75, 3.05) is 13.2 Å². The van der Waals surface area contributed by atoms with Crippen molar-refractivity contribution in [1.29, 1.82) is 0 Å². The molecule has 0 saturated heterocycles. The number of unbranched alkanes of at least 4 members (excludes halogenated alkanes) is 6. The lowest BCUT2D eigenvalue weighted by atomic mass is 9.94. The Morgan fingerprint density at radius 1 is 0.682 bits per heavy atom. The van der Waals surface area contributed by atoms with Crippen LogP contribution in [0.3, 0.4) is 0 Å². The van der Waals surface area contributed by atoms with E-state index in [9.17, 15) is 0 Å². The molecule has 0 radical (unpaired) electrons. The summed E-state index contributed by atoms with van der Waals surface area (Å²) in [6.07, 6.45) is 19.4. The van der Waals surface area contributed by atoms with Gasteiger partial charge in [0.2, 0.25) is 0 Å². The number of hydrogen-bond donors (Lipinski definition) is 0. The highest BCUT2D eigenvalue weighted by Gasteiger charge is 2.33. The molecule has 1 aliphatic rings. The molecule has 0 bridgehead atoms. The van der Waals surface area contributed by atoms with Crippen molar-refractivity contribution < 1.29 is 9.47 Å². The minimum absolute atomic E-state index is 0.269. The molecule has 0 aliphatic heterocycles. The summed E-state index contributed by atoms with van der Waals surface area (Å²) >= 11 is 0. The smallest absolute Gasteiger partial charge is 0.168 e. The van der Waals surface area contributed by atoms with Gasteiger partial charge in [0.25, 0.3) is 0 Å². The van der Waals surface area contributed by atoms with E-state index >= 15 is 0 Å². The van der Waals surface area contributed by atoms with Gasteiger partial charge in [-0.1, -0.05) is 31.4 Å². The van der Waals surface area contributed by atoms with E-state index in [1.54, 1.807) is 0 Å². The minimum Gasteiger partial charge on any atom is -0.350 e. The Morgan fingerprint density at radius 2 is 1.18 bits per heavy atom. The molecule has 0 amide bonds. The van der Waals surface area contributed by atoms with Gasteiger partial charge in [0, 0.05) is 12.8 Å². The summed E-state index contributed by atoms with van der Waals surface area (Å²) in [5.41, 5.74) is 0. The van der Waals surface area contributed by atoms with Gasteiger partial charge in [-0.2, -0.15) is 0 Å². The third kappa shape index (κ3) is 8.75. The monoisotopic (exact) mass is 308 g/mol. The van der Waals surface area contributed by atoms with Crippen LogP contribution in [-0.2, 0) is 9.47 Å². The molecule has 2 heteroatoms. The average Bonchev–Trinajstić information content (AvgIpc) is 2.55. The summed E-state index contributed by atoms with van der Waals surface area (Å²) in [4.78, 5) is 0. The molecule has 0 aromatic heterocycles. The highest BCUT2D eigenvalue weighted by molar-refractivity contribution is 4.76. The van der Waals surface area contributed by atoms with Crippen molar-refractivity contribution in [3.8, 4) is 0 Å². The van der Waals surface area contributed by atoms with E-state index in [0.29, 0.717) is 0 Å². The summed E-state index contributed by atoms with van der Waals surface area (Å²) in [6.45, 7) is 9.21. The van der Waals surface area contributed by atoms with E-state index in [0.717, 1.165) is 51.7 Å². The van der Waals surface area contributed by atoms with Gasteiger partial charge in [0.15, 0.2) is 5.79 Å². The lowest BCUT2D eigenvalue weighted by Crippen LogP contribution is -2.38. The van der Waals surface area contributed by atoms with Crippen LogP contribution in [0.1, 0.15) is 83.5 Å². The molecule has 0 atom stereocenters. The summed E-state index contributed by atoms with van der Waals surface area (Å²) in [7, 11) is 0. The van der Waals surface area contributed by atoms with E-state index in [4.69, 9.17) is 9.47 Å². The van der Waals surface area contributed by atoms with Gasteiger partial charge in [-0.3, -0.25) is 0 Å². The SMILES string of the molecule is C=CCCCCCOC1(OCCCCCC=C)CCCCC1. The molecule has 2 nitrogen and oxygen atoms in total. The van der Waals surface area contributed by atoms with E-state index < -0.39 is 0 Å². The molecule has 128 valence electrons. The quantitative estimate of drug-likeness (QED) is 0.217. The number of rotatable bonds is 14. The zero-order chi connectivity index (χ0) is 15.9. The van der Waals surface area contributed by atoms with Crippen LogP contribution in [-0.4, -0.2) is 19.0 Å². The van der Waals surface area contributed by atoms with Crippen LogP contribution in [0.5, 0.6) is 0 Å². The largest absolute Gasteiger partial charge is 0.350 e. The maximum absolute atomic E-state index is 6.21. The zero-order valence-electron chi connectivity index (χ0n) is 14.5. The first-order chi connectivity index (χ1) is 10.8. The predicted molar refractivity (Wildman–Crippen MR) is 95.1 cm³/mol. The Hall–Kier alpha value is -0.600. The lowest BCUT2D eigenvalue weighted by Gasteiger charge is -2.37. The topological polar surface area (TPSA) is 18.5 Å². The highest BCUT2D eigenvalue weighted by Crippen LogP contribution is 2.33. The predicted octanol–water partition coefficient (Wildman–Crippen LogP) is 6.17. The molecular weight excluding hydrogens is 272 g/mol. The van der Waals surface area contributed by atoms with Crippen LogP contribution in [0.2, 0.25) is 0 Å². The maximum atomic E-state index is 6.21. The number of allylic oxidation sites excluding steroid dienone is 2. The fraction of sp³-hybridized carbons (Fsp3) is 0.800. The van der Waals surface area contributed by atoms with Gasteiger partial charge >= 0.3 is 0 Å². The third-order valence-corrected chi connectivity index (χ3v) is 4.45. The van der Waals surface area contributed by atoms with E-state index in [1.807, 2.05) is 12.2 Å². The summed E-state index contributed by atoms with van der Waals surface area (Å²) in [5.74, 6) is -0.269. The fourth-order valence-corrected chi connectivity index (χ4v) is 3.07. The molecule has 1 rings (SSSR count). The van der Waals surface area contributed by atoms with Crippen LogP contribution in [0.4, 0.5) is 0 Å². The minimum atomic E-state index is -0.269. The van der Waals surface area contributed by atoms with Crippen LogP contribution < -0.4 is 0 Å². The number of ether oxygens (including phenoxy) is 2. The van der Waals surface area contributed by atoms with Gasteiger partial charge < -0.3 is 9.47 Å². The van der Waals surface area contributed by atoms with Crippen molar-refractivity contribution in [2.24, 2.45) is 0 Å². The van der Waals surface area contributed by atoms with E-state index in [-0.39, 0.29) is 5.79 Å². The van der Waals surface area contributed by atoms with Crippen molar-refractivity contribution in [3.63, 3.8) is 0 Å². The van der Waals surface area contributed by atoms with Crippen LogP contribution >= 0.6 is 0 Å². The molecule has 1 saturated carbocycles. The Kier molecular flexibility index (Phi) is 11.4. The zero-order valence-corrected chi connectivity index (χ0v) is 14.5. The second-order valence-electron chi connectivity index (χ2n) is 6.44. The normalized spacial score (nSPS) is 17.3. The molecule has 0 aromatic carbocycles. The van der Waals surface area contributed by atoms with Crippen molar-refractivity contribution in [3.05, 3.63) is 25.3 Å². The fourth-order valence-electron chi connectivity index (χ4n) is 3.07. The van der Waals surface area contributed by atoms with Crippen LogP contribution in [0.25, 0.3) is 0 Å². The van der Waals surface area contributed by atoms with Crippen LogP contribution in [0, 0.1) is 0 Å². The molecule has 0 N–H and O–H groups in total. The Morgan fingerprint density at radius 3 is 1.64 bits per heavy atom. The molecule has 22 heavy (non-hydrogen) atoms. The van der Waals surface area contributed by atoms with E-state index in [2.05, 4.69) is 13.2 Å². The second-order valence-corrected chi connectivity index (χ2v) is 6.44. The first-order valence-corrected chi connectivity index (χ1v) is 9.33. The molecule has 0 spiro atoms. The van der Waals surface area contributed by atoms with Gasteiger partial charge in [-0.05, 0) is 51.4 Å². The average molecular weight is 309 g/mol. The van der Waals surface area contributed by atoms with Crippen molar-refractivity contribution in [2.45, 2.75) is 89.3 Å². The summed E-state index contributed by atoms with van der Waals surface area (Å²) in [6, 6.07) is 0. The van der Waals surface area contributed by atoms with Gasteiger partial charge in [0.1, 0.15) is 0 Å². The number of hydrogen-bond acceptors (Lipinski definition) is 2. The summed E-state index contributed by atoms with van der Waals surface area (Å²) in [5, 5.41) is 0. The molecule has 1 aliphatic carbocycles. The Labute approximate surface area is 138 Å². The lowest BCUT2D eigenvalue weighted by molar-refractivity contribution is -0.253. The highest BCUT2D eigenvalue weighted by atomic mass is 16.7. The third-order valence-electron chi connectivity index (χ3n) is 4.45. The van der Waals surface area contributed by atoms with Crippen molar-refractivity contribution in [1.82, 2.24) is 0 Å². The van der Waals surface area contributed by atoms with Gasteiger partial charge in [0.05, 0.1) is 13.2 Å². The van der Waals surface area contributed by atoms with Gasteiger partial charge in [-0.15, -0.1) is 13.2 Å². The molecule has 0 aromatic rings. The molecule has 1 fully saturated rings. The van der Waals surface area contributed by atoms with E-state index in [1.165, 1.54) is 44.9 Å².